The van der Waals surface area contributed by atoms with Gasteiger partial charge < -0.3 is 0 Å². The minimum absolute atomic E-state index is 0.892. The van der Waals surface area contributed by atoms with E-state index in [1.807, 2.05) is 0 Å². The predicted octanol–water partition coefficient (Wildman–Crippen LogP) is 7.60. The van der Waals surface area contributed by atoms with E-state index in [-0.39, 0.29) is 0 Å². The molecule has 0 aliphatic heterocycles. The van der Waals surface area contributed by atoms with Crippen LogP contribution in [0.4, 0.5) is 0 Å². The maximum atomic E-state index is 3.44. The van der Waals surface area contributed by atoms with Crippen LogP contribution in [0.5, 0.6) is 0 Å². The van der Waals surface area contributed by atoms with E-state index in [0.29, 0.717) is 0 Å². The molecule has 0 heterocycles. The van der Waals surface area contributed by atoms with Crippen molar-refractivity contribution in [1.29, 1.82) is 0 Å². The van der Waals surface area contributed by atoms with E-state index in [4.69, 9.17) is 0 Å². The molecule has 0 bridgehead atoms. The predicted molar refractivity (Wildman–Crippen MR) is 102 cm³/mol. The quantitative estimate of drug-likeness (QED) is 0.251. The van der Waals surface area contributed by atoms with Crippen molar-refractivity contribution in [2.24, 2.45) is 11.8 Å². The van der Waals surface area contributed by atoms with Crippen LogP contribution in [0.15, 0.2) is 0 Å². The second kappa shape index (κ2) is 18.8. The Morgan fingerprint density at radius 1 is 0.667 bits per heavy atom. The number of halogens is 2. The molecule has 0 N–H and O–H groups in total. The number of rotatable bonds is 10. The van der Waals surface area contributed by atoms with E-state index < -0.39 is 0 Å². The first-order valence-electron chi connectivity index (χ1n) is 7.21. The molecule has 0 radical (unpaired) electrons. The van der Waals surface area contributed by atoms with Crippen molar-refractivity contribution < 1.29 is 0 Å². The fourth-order valence-corrected chi connectivity index (χ4v) is 3.94. The standard InChI is InChI=1S/2C7H16BrP/c2*1-7(2)5-3-4-6-9-8/h2*7,9H,3-6H2,1-2H3. The van der Waals surface area contributed by atoms with Crippen LogP contribution in [-0.4, -0.2) is 12.3 Å². The Kier molecular flexibility index (Phi) is 23.1. The van der Waals surface area contributed by atoms with Gasteiger partial charge in [0.05, 0.1) is 0 Å². The zero-order valence-corrected chi connectivity index (χ0v) is 17.7. The highest BCUT2D eigenvalue weighted by molar-refractivity contribution is 9.37. The summed E-state index contributed by atoms with van der Waals surface area (Å²) in [6.45, 7) is 9.15. The summed E-state index contributed by atoms with van der Waals surface area (Å²) in [6, 6.07) is 0. The smallest absolute Gasteiger partial charge is 0.0255 e. The van der Waals surface area contributed by atoms with Gasteiger partial charge in [-0.05, 0) is 37.0 Å². The van der Waals surface area contributed by atoms with Crippen molar-refractivity contribution >= 4 is 45.5 Å². The molecule has 0 fully saturated rings. The molecule has 0 aliphatic rings. The van der Waals surface area contributed by atoms with E-state index in [2.05, 4.69) is 58.7 Å². The maximum absolute atomic E-state index is 3.44. The SMILES string of the molecule is CC(C)CCCCPBr.CC(C)CCCCPBr. The Morgan fingerprint density at radius 3 is 1.22 bits per heavy atom. The van der Waals surface area contributed by atoms with Crippen LogP contribution in [0.2, 0.25) is 0 Å². The minimum atomic E-state index is 0.892. The molecule has 0 rings (SSSR count). The summed E-state index contributed by atoms with van der Waals surface area (Å²) in [5, 5.41) is 0. The van der Waals surface area contributed by atoms with Gasteiger partial charge in [0, 0.05) is 0 Å². The molecule has 0 saturated carbocycles. The normalized spacial score (nSPS) is 12.0. The van der Waals surface area contributed by atoms with Gasteiger partial charge in [-0.1, -0.05) is 98.9 Å². The first-order valence-corrected chi connectivity index (χ1v) is 14.1. The van der Waals surface area contributed by atoms with Gasteiger partial charge in [0.15, 0.2) is 0 Å². The molecule has 4 heteroatoms. The maximum Gasteiger partial charge on any atom is -0.0255 e. The summed E-state index contributed by atoms with van der Waals surface area (Å²) in [5.74, 6) is 1.78. The Balaban J connectivity index is 0. The van der Waals surface area contributed by atoms with Crippen molar-refractivity contribution in [3.63, 3.8) is 0 Å². The molecule has 0 aromatic carbocycles. The van der Waals surface area contributed by atoms with Crippen molar-refractivity contribution in [3.8, 4) is 0 Å². The van der Waals surface area contributed by atoms with Gasteiger partial charge in [0.2, 0.25) is 0 Å². The molecule has 0 aliphatic carbocycles. The highest BCUT2D eigenvalue weighted by Gasteiger charge is 1.92. The van der Waals surface area contributed by atoms with Gasteiger partial charge >= 0.3 is 0 Å². The lowest BCUT2D eigenvalue weighted by atomic mass is 10.1. The highest BCUT2D eigenvalue weighted by atomic mass is 79.9. The van der Waals surface area contributed by atoms with Crippen LogP contribution in [0.1, 0.15) is 66.2 Å². The van der Waals surface area contributed by atoms with Crippen molar-refractivity contribution in [1.82, 2.24) is 0 Å². The lowest BCUT2D eigenvalue weighted by Gasteiger charge is -2.01. The van der Waals surface area contributed by atoms with E-state index in [1.165, 1.54) is 50.8 Å². The van der Waals surface area contributed by atoms with Crippen LogP contribution >= 0.6 is 45.5 Å². The second-order valence-electron chi connectivity index (χ2n) is 5.55. The van der Waals surface area contributed by atoms with E-state index in [0.717, 1.165) is 26.4 Å². The van der Waals surface area contributed by atoms with Crippen molar-refractivity contribution in [2.45, 2.75) is 66.2 Å². The minimum Gasteiger partial charge on any atom is -0.0642 e. The molecular weight excluding hydrogens is 390 g/mol. The van der Waals surface area contributed by atoms with E-state index in [9.17, 15) is 0 Å². The van der Waals surface area contributed by atoms with Gasteiger partial charge in [-0.3, -0.25) is 0 Å². The summed E-state index contributed by atoms with van der Waals surface area (Å²) < 4.78 is 0. The van der Waals surface area contributed by atoms with Crippen LogP contribution in [-0.2, 0) is 0 Å². The molecule has 0 nitrogen and oxygen atoms in total. The molecule has 0 spiro atoms. The Bertz CT molecular complexity index is 126. The van der Waals surface area contributed by atoms with Gasteiger partial charge in [-0.2, -0.15) is 0 Å². The first kappa shape index (κ1) is 22.1. The summed E-state index contributed by atoms with van der Waals surface area (Å²) in [5.41, 5.74) is 0. The van der Waals surface area contributed by atoms with Crippen LogP contribution in [0.25, 0.3) is 0 Å². The van der Waals surface area contributed by atoms with E-state index in [1.54, 1.807) is 0 Å². The molecule has 0 aromatic rings. The zero-order valence-electron chi connectivity index (χ0n) is 12.6. The van der Waals surface area contributed by atoms with Crippen LogP contribution in [0, 0.1) is 11.8 Å². The Labute approximate surface area is 135 Å². The monoisotopic (exact) mass is 420 g/mol. The molecule has 18 heavy (non-hydrogen) atoms. The second-order valence-corrected chi connectivity index (χ2v) is 10.4. The number of unbranched alkanes of at least 4 members (excludes halogenated alkanes) is 2. The fraction of sp³-hybridized carbons (Fsp3) is 1.00. The average molecular weight is 422 g/mol. The summed E-state index contributed by atoms with van der Waals surface area (Å²) in [4.78, 5) is 0. The fourth-order valence-electron chi connectivity index (χ4n) is 1.49. The molecular formula is C14H32Br2P2. The molecule has 2 atom stereocenters. The number of hydrogen-bond acceptors (Lipinski definition) is 0. The molecule has 0 saturated heterocycles. The third-order valence-corrected chi connectivity index (χ3v) is 6.07. The Hall–Kier alpha value is 1.82. The highest BCUT2D eigenvalue weighted by Crippen LogP contribution is 2.22. The van der Waals surface area contributed by atoms with Gasteiger partial charge in [-0.25, -0.2) is 0 Å². The topological polar surface area (TPSA) is 0 Å². The lowest BCUT2D eigenvalue weighted by Crippen LogP contribution is -1.86. The summed E-state index contributed by atoms with van der Waals surface area (Å²) in [7, 11) is 1.95. The zero-order chi connectivity index (χ0) is 14.2. The molecule has 112 valence electrons. The van der Waals surface area contributed by atoms with Crippen LogP contribution in [0.3, 0.4) is 0 Å². The van der Waals surface area contributed by atoms with Crippen molar-refractivity contribution in [2.75, 3.05) is 12.3 Å². The third-order valence-electron chi connectivity index (χ3n) is 2.61. The first-order chi connectivity index (χ1) is 8.54. The molecule has 0 amide bonds. The average Bonchev–Trinajstić information content (AvgIpc) is 2.31. The van der Waals surface area contributed by atoms with Gasteiger partial charge in [0.25, 0.3) is 0 Å². The van der Waals surface area contributed by atoms with E-state index >= 15 is 0 Å². The summed E-state index contributed by atoms with van der Waals surface area (Å²) in [6.07, 6.45) is 11.2. The molecule has 0 aromatic heterocycles. The largest absolute Gasteiger partial charge is 0.0642 e. The van der Waals surface area contributed by atoms with Crippen molar-refractivity contribution in [3.05, 3.63) is 0 Å². The number of hydrogen-bond donors (Lipinski definition) is 0. The third kappa shape index (κ3) is 26.4. The van der Waals surface area contributed by atoms with Gasteiger partial charge in [0.1, 0.15) is 0 Å². The summed E-state index contributed by atoms with van der Waals surface area (Å²) >= 11 is 6.89. The van der Waals surface area contributed by atoms with Crippen LogP contribution < -0.4 is 0 Å². The van der Waals surface area contributed by atoms with Gasteiger partial charge in [-0.15, -0.1) is 0 Å². The molecule has 2 unspecified atom stereocenters. The Morgan fingerprint density at radius 2 is 1.00 bits per heavy atom. The lowest BCUT2D eigenvalue weighted by molar-refractivity contribution is 0.551.